The Labute approximate surface area is 93.8 Å². The molecule has 0 bridgehead atoms. The van der Waals surface area contributed by atoms with E-state index in [4.69, 9.17) is 0 Å². The quantitative estimate of drug-likeness (QED) is 0.680. The molecule has 0 heterocycles. The molecule has 0 aromatic heterocycles. The summed E-state index contributed by atoms with van der Waals surface area (Å²) < 4.78 is 0. The Kier molecular flexibility index (Phi) is 3.75. The van der Waals surface area contributed by atoms with Gasteiger partial charge < -0.3 is 0 Å². The molecule has 0 saturated carbocycles. The summed E-state index contributed by atoms with van der Waals surface area (Å²) in [5.41, 5.74) is 2.90. The van der Waals surface area contributed by atoms with Crippen molar-refractivity contribution in [2.24, 2.45) is 0 Å². The van der Waals surface area contributed by atoms with Gasteiger partial charge in [-0.3, -0.25) is 0 Å². The zero-order valence-electron chi connectivity index (χ0n) is 8.69. The van der Waals surface area contributed by atoms with Crippen molar-refractivity contribution >= 4 is 9.52 Å². The van der Waals surface area contributed by atoms with Crippen LogP contribution in [-0.2, 0) is 12.1 Å². The summed E-state index contributed by atoms with van der Waals surface area (Å²) in [7, 11) is 0.987. The van der Waals surface area contributed by atoms with Gasteiger partial charge in [0.15, 0.2) is 0 Å². The minimum Gasteiger partial charge on any atom is -0.0622 e. The van der Waals surface area contributed by atoms with Gasteiger partial charge in [0.05, 0.1) is 0 Å². The molecular weight excluding hydrogens is 196 g/mol. The van der Waals surface area contributed by atoms with Crippen molar-refractivity contribution < 1.29 is 0 Å². The monoisotopic (exact) mass is 210 g/mol. The van der Waals surface area contributed by atoms with E-state index in [9.17, 15) is 0 Å². The van der Waals surface area contributed by atoms with Crippen LogP contribution in [0.1, 0.15) is 11.1 Å². The molecular formula is C14H14Si. The van der Waals surface area contributed by atoms with Gasteiger partial charge >= 0.3 is 0 Å². The summed E-state index contributed by atoms with van der Waals surface area (Å²) in [6.07, 6.45) is 0. The summed E-state index contributed by atoms with van der Waals surface area (Å²) in [6.45, 7) is 0. The highest BCUT2D eigenvalue weighted by molar-refractivity contribution is 6.34. The van der Waals surface area contributed by atoms with Crippen LogP contribution in [0.5, 0.6) is 0 Å². The van der Waals surface area contributed by atoms with Gasteiger partial charge in [-0.05, 0) is 12.1 Å². The van der Waals surface area contributed by atoms with Crippen LogP contribution in [0.2, 0.25) is 0 Å². The maximum absolute atomic E-state index is 2.21. The second-order valence-corrected chi connectivity index (χ2v) is 4.78. The number of hydrogen-bond acceptors (Lipinski definition) is 0. The van der Waals surface area contributed by atoms with Gasteiger partial charge in [-0.15, -0.1) is 0 Å². The highest BCUT2D eigenvalue weighted by Gasteiger charge is 1.94. The molecule has 2 radical (unpaired) electrons. The van der Waals surface area contributed by atoms with E-state index < -0.39 is 0 Å². The lowest BCUT2D eigenvalue weighted by molar-refractivity contribution is 1.30. The van der Waals surface area contributed by atoms with Crippen LogP contribution >= 0.6 is 0 Å². The summed E-state index contributed by atoms with van der Waals surface area (Å²) >= 11 is 0. The van der Waals surface area contributed by atoms with E-state index >= 15 is 0 Å². The molecule has 0 nitrogen and oxygen atoms in total. The molecule has 0 fully saturated rings. The third-order valence-corrected chi connectivity index (χ3v) is 3.66. The van der Waals surface area contributed by atoms with Crippen molar-refractivity contribution in [2.45, 2.75) is 12.1 Å². The molecule has 0 unspecified atom stereocenters. The molecule has 0 aliphatic heterocycles. The largest absolute Gasteiger partial charge is 0.0622 e. The van der Waals surface area contributed by atoms with Crippen LogP contribution in [0.15, 0.2) is 60.7 Å². The molecule has 2 aromatic carbocycles. The maximum atomic E-state index is 2.21. The molecule has 0 atom stereocenters. The second kappa shape index (κ2) is 5.52. The molecule has 15 heavy (non-hydrogen) atoms. The van der Waals surface area contributed by atoms with Gasteiger partial charge in [-0.1, -0.05) is 71.8 Å². The van der Waals surface area contributed by atoms with E-state index in [1.54, 1.807) is 0 Å². The first-order chi connectivity index (χ1) is 7.45. The van der Waals surface area contributed by atoms with Gasteiger partial charge in [0.25, 0.3) is 0 Å². The molecule has 0 spiro atoms. The molecule has 0 aliphatic carbocycles. The number of hydrogen-bond donors (Lipinski definition) is 0. The van der Waals surface area contributed by atoms with Crippen LogP contribution in [0.4, 0.5) is 0 Å². The minimum absolute atomic E-state index is 0.987. The van der Waals surface area contributed by atoms with E-state index in [-0.39, 0.29) is 0 Å². The Morgan fingerprint density at radius 1 is 0.600 bits per heavy atom. The predicted octanol–water partition coefficient (Wildman–Crippen LogP) is 3.09. The Bertz CT molecular complexity index is 341. The maximum Gasteiger partial charge on any atom is 0.0478 e. The van der Waals surface area contributed by atoms with Gasteiger partial charge in [-0.25, -0.2) is 0 Å². The molecule has 0 aliphatic rings. The van der Waals surface area contributed by atoms with Crippen molar-refractivity contribution in [3.63, 3.8) is 0 Å². The normalized spacial score (nSPS) is 10.1. The third-order valence-electron chi connectivity index (χ3n) is 2.34. The highest BCUT2D eigenvalue weighted by atomic mass is 28.2. The van der Waals surface area contributed by atoms with Gasteiger partial charge in [0.1, 0.15) is 0 Å². The fraction of sp³-hybridized carbons (Fsp3) is 0.143. The first-order valence-electron chi connectivity index (χ1n) is 5.24. The van der Waals surface area contributed by atoms with Crippen LogP contribution < -0.4 is 0 Å². The Hall–Kier alpha value is -1.34. The first-order valence-corrected chi connectivity index (χ1v) is 6.65. The SMILES string of the molecule is c1ccc(C[Si]Cc2ccccc2)cc1. The highest BCUT2D eigenvalue weighted by Crippen LogP contribution is 2.02. The van der Waals surface area contributed by atoms with Crippen molar-refractivity contribution in [3.8, 4) is 0 Å². The van der Waals surface area contributed by atoms with E-state index in [1.165, 1.54) is 23.2 Å². The first kappa shape index (κ1) is 10.2. The average molecular weight is 210 g/mol. The summed E-state index contributed by atoms with van der Waals surface area (Å²) in [4.78, 5) is 0. The van der Waals surface area contributed by atoms with Crippen LogP contribution in [0.3, 0.4) is 0 Å². The lowest BCUT2D eigenvalue weighted by atomic mass is 10.2. The number of rotatable bonds is 4. The molecule has 2 rings (SSSR count). The third kappa shape index (κ3) is 3.37. The number of benzene rings is 2. The standard InChI is InChI=1S/C14H14Si/c1-3-7-13(8-4-1)11-15-12-14-9-5-2-6-10-14/h1-10H,11-12H2. The molecule has 1 heteroatoms. The van der Waals surface area contributed by atoms with E-state index in [1.807, 2.05) is 0 Å². The summed E-state index contributed by atoms with van der Waals surface area (Å²) in [5.74, 6) is 0. The molecule has 0 N–H and O–H groups in total. The fourth-order valence-electron chi connectivity index (χ4n) is 1.54. The average Bonchev–Trinajstić information content (AvgIpc) is 2.32. The lowest BCUT2D eigenvalue weighted by Gasteiger charge is -2.00. The van der Waals surface area contributed by atoms with Crippen LogP contribution in [0, 0.1) is 0 Å². The van der Waals surface area contributed by atoms with E-state index in [2.05, 4.69) is 60.7 Å². The zero-order valence-corrected chi connectivity index (χ0v) is 9.69. The van der Waals surface area contributed by atoms with Gasteiger partial charge in [0, 0.05) is 9.52 Å². The Balaban J connectivity index is 1.81. The van der Waals surface area contributed by atoms with E-state index in [0.717, 1.165) is 9.52 Å². The fourth-order valence-corrected chi connectivity index (χ4v) is 2.72. The van der Waals surface area contributed by atoms with Crippen molar-refractivity contribution in [1.82, 2.24) is 0 Å². The van der Waals surface area contributed by atoms with Crippen molar-refractivity contribution in [3.05, 3.63) is 71.8 Å². The second-order valence-electron chi connectivity index (χ2n) is 3.57. The van der Waals surface area contributed by atoms with E-state index in [0.29, 0.717) is 0 Å². The summed E-state index contributed by atoms with van der Waals surface area (Å²) in [6, 6.07) is 23.8. The van der Waals surface area contributed by atoms with Gasteiger partial charge in [-0.2, -0.15) is 0 Å². The topological polar surface area (TPSA) is 0 Å². The van der Waals surface area contributed by atoms with Crippen molar-refractivity contribution in [1.29, 1.82) is 0 Å². The zero-order chi connectivity index (χ0) is 10.3. The Morgan fingerprint density at radius 2 is 1.00 bits per heavy atom. The van der Waals surface area contributed by atoms with Crippen LogP contribution in [-0.4, -0.2) is 9.52 Å². The summed E-state index contributed by atoms with van der Waals surface area (Å²) in [5, 5.41) is 0. The molecule has 74 valence electrons. The minimum atomic E-state index is 0.987. The smallest absolute Gasteiger partial charge is 0.0478 e. The van der Waals surface area contributed by atoms with Crippen molar-refractivity contribution in [2.75, 3.05) is 0 Å². The molecule has 0 amide bonds. The van der Waals surface area contributed by atoms with Crippen LogP contribution in [0.25, 0.3) is 0 Å². The Morgan fingerprint density at radius 3 is 1.40 bits per heavy atom. The molecule has 2 aromatic rings. The van der Waals surface area contributed by atoms with Gasteiger partial charge in [0.2, 0.25) is 0 Å². The lowest BCUT2D eigenvalue weighted by Crippen LogP contribution is -2.01. The molecule has 0 saturated heterocycles. The predicted molar refractivity (Wildman–Crippen MR) is 66.0 cm³/mol.